The number of hydrogen-bond acceptors (Lipinski definition) is 1. The Kier molecular flexibility index (Phi) is 10.9. The highest BCUT2D eigenvalue weighted by atomic mass is 14.6. The molecule has 1 nitrogen and oxygen atoms in total. The van der Waals surface area contributed by atoms with Gasteiger partial charge in [-0.1, -0.05) is 82.9 Å². The minimum Gasteiger partial charge on any atom is -0.264 e. The van der Waals surface area contributed by atoms with Gasteiger partial charge in [-0.2, -0.15) is 0 Å². The van der Waals surface area contributed by atoms with Crippen molar-refractivity contribution < 1.29 is 0 Å². The van der Waals surface area contributed by atoms with Crippen LogP contribution in [0.2, 0.25) is 0 Å². The molecule has 0 fully saturated rings. The van der Waals surface area contributed by atoms with Crippen molar-refractivity contribution in [2.24, 2.45) is 0 Å². The molecule has 0 radical (unpaired) electrons. The highest BCUT2D eigenvalue weighted by Gasteiger charge is 1.92. The summed E-state index contributed by atoms with van der Waals surface area (Å²) in [5.41, 5.74) is 1.21. The maximum atomic E-state index is 4.11. The van der Waals surface area contributed by atoms with Crippen molar-refractivity contribution in [2.75, 3.05) is 0 Å². The van der Waals surface area contributed by atoms with Crippen LogP contribution in [-0.2, 0) is 0 Å². The van der Waals surface area contributed by atoms with E-state index in [9.17, 15) is 0 Å². The van der Waals surface area contributed by atoms with Crippen LogP contribution in [0.25, 0.3) is 6.08 Å². The van der Waals surface area contributed by atoms with E-state index in [1.165, 1.54) is 76.2 Å². The van der Waals surface area contributed by atoms with Crippen LogP contribution in [0.4, 0.5) is 0 Å². The molecule has 112 valence electrons. The molecular weight excluding hydrogens is 242 g/mol. The summed E-state index contributed by atoms with van der Waals surface area (Å²) in [7, 11) is 0. The van der Waals surface area contributed by atoms with Gasteiger partial charge in [0.1, 0.15) is 0 Å². The Bertz CT molecular complexity index is 329. The van der Waals surface area contributed by atoms with E-state index in [2.05, 4.69) is 30.1 Å². The van der Waals surface area contributed by atoms with Crippen molar-refractivity contribution in [1.29, 1.82) is 0 Å². The number of aromatic nitrogens is 1. The van der Waals surface area contributed by atoms with Crippen LogP contribution in [0.5, 0.6) is 0 Å². The third-order valence-corrected chi connectivity index (χ3v) is 3.72. The summed E-state index contributed by atoms with van der Waals surface area (Å²) in [6.07, 6.45) is 23.5. The lowest BCUT2D eigenvalue weighted by molar-refractivity contribution is 0.558. The molecule has 1 aromatic rings. The van der Waals surface area contributed by atoms with Gasteiger partial charge < -0.3 is 0 Å². The summed E-state index contributed by atoms with van der Waals surface area (Å²) in [5, 5.41) is 0. The zero-order valence-corrected chi connectivity index (χ0v) is 13.2. The Balaban J connectivity index is 1.84. The van der Waals surface area contributed by atoms with Crippen molar-refractivity contribution in [1.82, 2.24) is 4.98 Å². The second-order valence-corrected chi connectivity index (χ2v) is 5.66. The molecule has 1 rings (SSSR count). The van der Waals surface area contributed by atoms with E-state index in [0.717, 1.165) is 0 Å². The maximum Gasteiger partial charge on any atom is 0.0340 e. The monoisotopic (exact) mass is 273 g/mol. The van der Waals surface area contributed by atoms with Gasteiger partial charge in [-0.3, -0.25) is 4.98 Å². The molecular formula is C19H31N. The first-order chi connectivity index (χ1) is 9.93. The fraction of sp³-hybridized carbons (Fsp3) is 0.632. The molecule has 0 aliphatic carbocycles. The van der Waals surface area contributed by atoms with Crippen molar-refractivity contribution in [2.45, 2.75) is 77.6 Å². The van der Waals surface area contributed by atoms with Crippen LogP contribution in [0.15, 0.2) is 30.6 Å². The lowest BCUT2D eigenvalue weighted by Crippen LogP contribution is -1.81. The van der Waals surface area contributed by atoms with E-state index in [0.29, 0.717) is 0 Å². The Hall–Kier alpha value is -1.11. The summed E-state index contributed by atoms with van der Waals surface area (Å²) >= 11 is 0. The van der Waals surface area contributed by atoms with E-state index in [1.807, 2.05) is 18.5 Å². The predicted molar refractivity (Wildman–Crippen MR) is 89.7 cm³/mol. The van der Waals surface area contributed by atoms with Gasteiger partial charge >= 0.3 is 0 Å². The molecule has 1 heterocycles. The topological polar surface area (TPSA) is 12.9 Å². The smallest absolute Gasteiger partial charge is 0.0340 e. The first-order valence-corrected chi connectivity index (χ1v) is 8.50. The molecule has 0 saturated heterocycles. The molecule has 0 unspecified atom stereocenters. The summed E-state index contributed by atoms with van der Waals surface area (Å²) in [6.45, 7) is 2.28. The molecule has 0 aliphatic rings. The molecule has 1 aromatic heterocycles. The van der Waals surface area contributed by atoms with E-state index in [1.54, 1.807) is 0 Å². The van der Waals surface area contributed by atoms with E-state index >= 15 is 0 Å². The van der Waals surface area contributed by atoms with E-state index in [4.69, 9.17) is 0 Å². The van der Waals surface area contributed by atoms with Crippen molar-refractivity contribution in [3.8, 4) is 0 Å². The molecule has 0 N–H and O–H groups in total. The van der Waals surface area contributed by atoms with Crippen LogP contribution in [-0.4, -0.2) is 4.98 Å². The molecule has 0 atom stereocenters. The average molecular weight is 273 g/mol. The molecule has 0 saturated carbocycles. The van der Waals surface area contributed by atoms with Crippen molar-refractivity contribution >= 4 is 6.08 Å². The number of nitrogens with zero attached hydrogens (tertiary/aromatic N) is 1. The number of unbranched alkanes of at least 4 members (excludes halogenated alkanes) is 10. The van der Waals surface area contributed by atoms with Crippen molar-refractivity contribution in [3.05, 3.63) is 36.2 Å². The fourth-order valence-electron chi connectivity index (χ4n) is 2.44. The largest absolute Gasteiger partial charge is 0.264 e. The van der Waals surface area contributed by atoms with Gasteiger partial charge in [0.2, 0.25) is 0 Å². The Morgan fingerprint density at radius 3 is 2.15 bits per heavy atom. The SMILES string of the molecule is CCCCCCCCCCCCC=Cc1cccnc1. The normalized spacial score (nSPS) is 11.2. The van der Waals surface area contributed by atoms with E-state index < -0.39 is 0 Å². The Labute approximate surface area is 125 Å². The second-order valence-electron chi connectivity index (χ2n) is 5.66. The fourth-order valence-corrected chi connectivity index (χ4v) is 2.44. The number of rotatable bonds is 12. The summed E-state index contributed by atoms with van der Waals surface area (Å²) in [4.78, 5) is 4.11. The lowest BCUT2D eigenvalue weighted by Gasteiger charge is -2.01. The van der Waals surface area contributed by atoms with Crippen LogP contribution in [0, 0.1) is 0 Å². The first-order valence-electron chi connectivity index (χ1n) is 8.50. The van der Waals surface area contributed by atoms with Crippen LogP contribution < -0.4 is 0 Å². The van der Waals surface area contributed by atoms with Gasteiger partial charge in [0.15, 0.2) is 0 Å². The highest BCUT2D eigenvalue weighted by Crippen LogP contribution is 2.11. The van der Waals surface area contributed by atoms with Crippen LogP contribution >= 0.6 is 0 Å². The summed E-state index contributed by atoms with van der Waals surface area (Å²) in [6, 6.07) is 4.09. The molecule has 0 aromatic carbocycles. The third-order valence-electron chi connectivity index (χ3n) is 3.72. The van der Waals surface area contributed by atoms with Gasteiger partial charge in [0.25, 0.3) is 0 Å². The molecule has 0 aliphatic heterocycles. The Morgan fingerprint density at radius 2 is 1.55 bits per heavy atom. The molecule has 20 heavy (non-hydrogen) atoms. The van der Waals surface area contributed by atoms with Gasteiger partial charge in [0.05, 0.1) is 0 Å². The van der Waals surface area contributed by atoms with Gasteiger partial charge in [-0.25, -0.2) is 0 Å². The minimum atomic E-state index is 1.20. The summed E-state index contributed by atoms with van der Waals surface area (Å²) < 4.78 is 0. The van der Waals surface area contributed by atoms with Crippen LogP contribution in [0.1, 0.15) is 83.1 Å². The number of hydrogen-bond donors (Lipinski definition) is 0. The second kappa shape index (κ2) is 12.9. The summed E-state index contributed by atoms with van der Waals surface area (Å²) in [5.74, 6) is 0. The molecule has 0 spiro atoms. The maximum absolute atomic E-state index is 4.11. The number of pyridine rings is 1. The van der Waals surface area contributed by atoms with Gasteiger partial charge in [-0.05, 0) is 24.5 Å². The first kappa shape index (κ1) is 16.9. The standard InChI is InChI=1S/C19H31N/c1-2-3-4-5-6-7-8-9-10-11-12-13-15-19-16-14-17-20-18-19/h13-18H,2-12H2,1H3. The Morgan fingerprint density at radius 1 is 0.900 bits per heavy atom. The third kappa shape index (κ3) is 9.77. The zero-order valence-electron chi connectivity index (χ0n) is 13.2. The molecule has 1 heteroatoms. The van der Waals surface area contributed by atoms with Crippen LogP contribution in [0.3, 0.4) is 0 Å². The quantitative estimate of drug-likeness (QED) is 0.401. The zero-order chi connectivity index (χ0) is 14.3. The molecule has 0 amide bonds. The number of allylic oxidation sites excluding steroid dienone is 1. The average Bonchev–Trinajstić information content (AvgIpc) is 2.49. The van der Waals surface area contributed by atoms with Gasteiger partial charge in [0, 0.05) is 12.4 Å². The lowest BCUT2D eigenvalue weighted by atomic mass is 10.1. The van der Waals surface area contributed by atoms with Gasteiger partial charge in [-0.15, -0.1) is 0 Å². The van der Waals surface area contributed by atoms with E-state index in [-0.39, 0.29) is 0 Å². The van der Waals surface area contributed by atoms with Crippen molar-refractivity contribution in [3.63, 3.8) is 0 Å². The minimum absolute atomic E-state index is 1.20. The predicted octanol–water partition coefficient (Wildman–Crippen LogP) is 6.41. The molecule has 0 bridgehead atoms. The highest BCUT2D eigenvalue weighted by molar-refractivity contribution is 5.46.